The summed E-state index contributed by atoms with van der Waals surface area (Å²) in [4.78, 5) is 15.2. The number of ether oxygens (including phenoxy) is 1. The number of sulfonamides is 1. The molecule has 1 aromatic heterocycles. The normalized spacial score (nSPS) is 15.1. The predicted octanol–water partition coefficient (Wildman–Crippen LogP) is 3.68. The third-order valence-corrected chi connectivity index (χ3v) is 7.89. The van der Waals surface area contributed by atoms with Crippen molar-refractivity contribution in [2.45, 2.75) is 23.8 Å². The first-order valence-corrected chi connectivity index (χ1v) is 12.6. The number of likely N-dealkylation sites (tertiary alicyclic amines) is 1. The maximum absolute atomic E-state index is 13.1. The van der Waals surface area contributed by atoms with E-state index >= 15 is 0 Å². The summed E-state index contributed by atoms with van der Waals surface area (Å²) in [5, 5.41) is 2.97. The highest BCUT2D eigenvalue weighted by molar-refractivity contribution is 7.92. The largest absolute Gasteiger partial charge is 0.495 e. The van der Waals surface area contributed by atoms with E-state index in [9.17, 15) is 13.2 Å². The van der Waals surface area contributed by atoms with Crippen molar-refractivity contribution < 1.29 is 22.4 Å². The van der Waals surface area contributed by atoms with Crippen molar-refractivity contribution in [3.05, 3.63) is 78.3 Å². The second kappa shape index (κ2) is 10.3. The van der Waals surface area contributed by atoms with Crippen LogP contribution in [0.1, 0.15) is 35.0 Å². The second-order valence-corrected chi connectivity index (χ2v) is 10.1. The number of para-hydroxylation sites is 2. The van der Waals surface area contributed by atoms with Crippen molar-refractivity contribution >= 4 is 21.6 Å². The first-order chi connectivity index (χ1) is 16.4. The Hall–Kier alpha value is -3.30. The number of nitrogens with one attached hydrogen (secondary N) is 1. The van der Waals surface area contributed by atoms with E-state index in [1.807, 2.05) is 12.1 Å². The summed E-state index contributed by atoms with van der Waals surface area (Å²) in [5.74, 6) is 1.01. The van der Waals surface area contributed by atoms with Gasteiger partial charge in [-0.25, -0.2) is 8.42 Å². The minimum atomic E-state index is -3.83. The van der Waals surface area contributed by atoms with Crippen molar-refractivity contribution in [2.24, 2.45) is 0 Å². The van der Waals surface area contributed by atoms with Crippen LogP contribution in [0.2, 0.25) is 0 Å². The fourth-order valence-corrected chi connectivity index (χ4v) is 5.40. The smallest absolute Gasteiger partial charge is 0.264 e. The highest BCUT2D eigenvalue weighted by Gasteiger charge is 2.27. The summed E-state index contributed by atoms with van der Waals surface area (Å²) >= 11 is 0. The Morgan fingerprint density at radius 3 is 2.44 bits per heavy atom. The zero-order chi connectivity index (χ0) is 24.1. The topological polar surface area (TPSA) is 92.1 Å². The third-order valence-electron chi connectivity index (χ3n) is 6.11. The summed E-state index contributed by atoms with van der Waals surface area (Å²) in [6.45, 7) is 2.34. The molecule has 8 nitrogen and oxygen atoms in total. The summed E-state index contributed by atoms with van der Waals surface area (Å²) in [7, 11) is -0.865. The van der Waals surface area contributed by atoms with Crippen LogP contribution in [0.25, 0.3) is 0 Å². The van der Waals surface area contributed by atoms with Gasteiger partial charge < -0.3 is 14.5 Å². The Morgan fingerprint density at radius 1 is 1.09 bits per heavy atom. The van der Waals surface area contributed by atoms with Gasteiger partial charge in [0.25, 0.3) is 15.9 Å². The molecule has 0 unspecified atom stereocenters. The molecular weight excluding hydrogens is 454 g/mol. The number of hydrogen-bond donors (Lipinski definition) is 1. The van der Waals surface area contributed by atoms with Gasteiger partial charge in [0.1, 0.15) is 11.5 Å². The van der Waals surface area contributed by atoms with Gasteiger partial charge in [-0.05, 0) is 74.5 Å². The Morgan fingerprint density at radius 2 is 1.79 bits per heavy atom. The van der Waals surface area contributed by atoms with Crippen LogP contribution in [-0.4, -0.2) is 53.0 Å². The minimum absolute atomic E-state index is 0.0318. The number of methoxy groups -OCH3 is 1. The Kier molecular flexibility index (Phi) is 7.23. The van der Waals surface area contributed by atoms with Gasteiger partial charge in [-0.1, -0.05) is 12.1 Å². The molecule has 4 rings (SSSR count). The number of anilines is 1. The number of rotatable bonds is 9. The molecule has 1 atom stereocenters. The molecule has 1 fully saturated rings. The van der Waals surface area contributed by atoms with Gasteiger partial charge in [0.05, 0.1) is 30.0 Å². The lowest BCUT2D eigenvalue weighted by Gasteiger charge is -2.26. The van der Waals surface area contributed by atoms with Crippen molar-refractivity contribution in [1.82, 2.24) is 10.2 Å². The Bertz CT molecular complexity index is 1200. The highest BCUT2D eigenvalue weighted by Crippen LogP contribution is 2.31. The van der Waals surface area contributed by atoms with E-state index in [-0.39, 0.29) is 16.8 Å². The lowest BCUT2D eigenvalue weighted by molar-refractivity contribution is 0.0933. The maximum atomic E-state index is 13.1. The fraction of sp³-hybridized carbons (Fsp3) is 0.320. The van der Waals surface area contributed by atoms with E-state index in [1.165, 1.54) is 42.7 Å². The van der Waals surface area contributed by atoms with Crippen LogP contribution >= 0.6 is 0 Å². The van der Waals surface area contributed by atoms with Gasteiger partial charge in [0, 0.05) is 19.2 Å². The second-order valence-electron chi connectivity index (χ2n) is 8.15. The van der Waals surface area contributed by atoms with Crippen molar-refractivity contribution in [3.63, 3.8) is 0 Å². The molecule has 1 saturated heterocycles. The molecule has 0 radical (unpaired) electrons. The monoisotopic (exact) mass is 483 g/mol. The fourth-order valence-electron chi connectivity index (χ4n) is 4.19. The molecule has 2 heterocycles. The average Bonchev–Trinajstić information content (AvgIpc) is 3.59. The third kappa shape index (κ3) is 4.95. The summed E-state index contributed by atoms with van der Waals surface area (Å²) in [5.41, 5.74) is 0.816. The minimum Gasteiger partial charge on any atom is -0.495 e. The van der Waals surface area contributed by atoms with E-state index < -0.39 is 10.0 Å². The molecular formula is C25H29N3O5S. The zero-order valence-corrected chi connectivity index (χ0v) is 20.1. The number of benzene rings is 2. The molecule has 2 aromatic carbocycles. The van der Waals surface area contributed by atoms with Crippen molar-refractivity contribution in [2.75, 3.05) is 38.1 Å². The maximum Gasteiger partial charge on any atom is 0.264 e. The lowest BCUT2D eigenvalue weighted by Crippen LogP contribution is -2.36. The number of hydrogen-bond acceptors (Lipinski definition) is 6. The molecule has 1 amide bonds. The first kappa shape index (κ1) is 23.8. The van der Waals surface area contributed by atoms with Crippen LogP contribution in [-0.2, 0) is 10.0 Å². The summed E-state index contributed by atoms with van der Waals surface area (Å²) in [6.07, 6.45) is 3.90. The van der Waals surface area contributed by atoms with E-state index in [2.05, 4.69) is 10.2 Å². The van der Waals surface area contributed by atoms with Gasteiger partial charge in [-0.15, -0.1) is 0 Å². The molecule has 0 aliphatic carbocycles. The van der Waals surface area contributed by atoms with Crippen LogP contribution in [0.5, 0.6) is 5.75 Å². The van der Waals surface area contributed by atoms with Crippen LogP contribution in [0, 0.1) is 0 Å². The zero-order valence-electron chi connectivity index (χ0n) is 19.3. The quantitative estimate of drug-likeness (QED) is 0.499. The number of nitrogens with zero attached hydrogens (tertiary/aromatic N) is 2. The van der Waals surface area contributed by atoms with E-state index in [4.69, 9.17) is 9.15 Å². The van der Waals surface area contributed by atoms with Crippen LogP contribution in [0.4, 0.5) is 5.69 Å². The Labute approximate surface area is 200 Å². The number of carbonyl (C=O) groups is 1. The number of carbonyl (C=O) groups excluding carboxylic acids is 1. The highest BCUT2D eigenvalue weighted by atomic mass is 32.2. The van der Waals surface area contributed by atoms with Crippen molar-refractivity contribution in [3.8, 4) is 5.75 Å². The molecule has 34 heavy (non-hydrogen) atoms. The molecule has 180 valence electrons. The molecule has 0 spiro atoms. The van der Waals surface area contributed by atoms with Gasteiger partial charge >= 0.3 is 0 Å². The number of furan rings is 1. The Balaban J connectivity index is 1.45. The molecule has 1 N–H and O–H groups in total. The molecule has 1 aliphatic rings. The van der Waals surface area contributed by atoms with Crippen LogP contribution in [0.3, 0.4) is 0 Å². The predicted molar refractivity (Wildman–Crippen MR) is 130 cm³/mol. The lowest BCUT2D eigenvalue weighted by atomic mass is 10.1. The van der Waals surface area contributed by atoms with Gasteiger partial charge in [0.2, 0.25) is 0 Å². The van der Waals surface area contributed by atoms with E-state index in [1.54, 1.807) is 30.5 Å². The van der Waals surface area contributed by atoms with E-state index in [0.29, 0.717) is 23.5 Å². The standard InChI is InChI=1S/C25H29N3O5S/c1-27(21-8-3-4-9-23(21)32-2)34(30,31)20-13-11-19(12-14-20)25(29)26-18-22(24-10-7-17-33-24)28-15-5-6-16-28/h3-4,7-14,17,22H,5-6,15-16,18H2,1-2H3,(H,26,29)/t22-/m0/s1. The van der Waals surface area contributed by atoms with Crippen LogP contribution in [0.15, 0.2) is 76.2 Å². The molecule has 9 heteroatoms. The van der Waals surface area contributed by atoms with Gasteiger partial charge in [-0.3, -0.25) is 14.0 Å². The first-order valence-electron chi connectivity index (χ1n) is 11.2. The SMILES string of the molecule is COc1ccccc1N(C)S(=O)(=O)c1ccc(C(=O)NC[C@@H](c2ccco2)N2CCCC2)cc1. The molecule has 0 saturated carbocycles. The molecule has 1 aliphatic heterocycles. The summed E-state index contributed by atoms with van der Waals surface area (Å²) in [6, 6.07) is 16.6. The van der Waals surface area contributed by atoms with Crippen LogP contribution < -0.4 is 14.4 Å². The van der Waals surface area contributed by atoms with Gasteiger partial charge in [-0.2, -0.15) is 0 Å². The van der Waals surface area contributed by atoms with E-state index in [0.717, 1.165) is 31.7 Å². The summed E-state index contributed by atoms with van der Waals surface area (Å²) < 4.78 is 38.3. The molecule has 3 aromatic rings. The van der Waals surface area contributed by atoms with Crippen molar-refractivity contribution in [1.29, 1.82) is 0 Å². The average molecular weight is 484 g/mol. The number of amides is 1. The van der Waals surface area contributed by atoms with Gasteiger partial charge in [0.15, 0.2) is 0 Å². The molecule has 0 bridgehead atoms.